The molecule has 2 fully saturated rings. The molecule has 1 saturated heterocycles. The van der Waals surface area contributed by atoms with E-state index >= 15 is 0 Å². The second-order valence-corrected chi connectivity index (χ2v) is 9.93. The van der Waals surface area contributed by atoms with Gasteiger partial charge in [-0.05, 0) is 70.7 Å². The van der Waals surface area contributed by atoms with E-state index in [-0.39, 0.29) is 18.2 Å². The molecule has 2 aromatic rings. The Balaban J connectivity index is 1.34. The summed E-state index contributed by atoms with van der Waals surface area (Å²) in [5, 5.41) is 6.89. The number of anilines is 1. The van der Waals surface area contributed by atoms with E-state index < -0.39 is 5.60 Å². The van der Waals surface area contributed by atoms with Crippen molar-refractivity contribution in [1.82, 2.24) is 15.6 Å². The molecule has 7 heteroatoms. The molecule has 0 radical (unpaired) electrons. The van der Waals surface area contributed by atoms with E-state index in [2.05, 4.69) is 44.8 Å². The van der Waals surface area contributed by atoms with Crippen molar-refractivity contribution in [2.24, 2.45) is 0 Å². The SMILES string of the molecule is CC(C)(C)OC(=O)N[C@@H]1CCCC[C@H]1NCC1CCCN1c1ccc(-c2ncco2)cc1. The maximum absolute atomic E-state index is 12.3. The summed E-state index contributed by atoms with van der Waals surface area (Å²) in [6.07, 6.45) is 9.73. The van der Waals surface area contributed by atoms with Gasteiger partial charge in [-0.1, -0.05) is 12.8 Å². The summed E-state index contributed by atoms with van der Waals surface area (Å²) in [5.74, 6) is 0.650. The summed E-state index contributed by atoms with van der Waals surface area (Å²) in [6.45, 7) is 7.67. The first-order chi connectivity index (χ1) is 15.4. The fourth-order valence-electron chi connectivity index (χ4n) is 4.84. The smallest absolute Gasteiger partial charge is 0.407 e. The highest BCUT2D eigenvalue weighted by atomic mass is 16.6. The van der Waals surface area contributed by atoms with Crippen LogP contribution in [0.4, 0.5) is 10.5 Å². The first kappa shape index (κ1) is 22.6. The molecule has 0 spiro atoms. The lowest BCUT2D eigenvalue weighted by atomic mass is 9.90. The Morgan fingerprint density at radius 3 is 2.56 bits per heavy atom. The normalized spacial score (nSPS) is 23.8. The van der Waals surface area contributed by atoms with E-state index in [0.717, 1.165) is 37.9 Å². The summed E-state index contributed by atoms with van der Waals surface area (Å²) in [4.78, 5) is 19.0. The van der Waals surface area contributed by atoms with E-state index in [1.54, 1.807) is 12.5 Å². The van der Waals surface area contributed by atoms with Gasteiger partial charge in [0.05, 0.1) is 6.20 Å². The molecule has 1 aliphatic heterocycles. The van der Waals surface area contributed by atoms with Crippen molar-refractivity contribution in [1.29, 1.82) is 0 Å². The van der Waals surface area contributed by atoms with E-state index in [1.807, 2.05) is 20.8 Å². The number of amides is 1. The lowest BCUT2D eigenvalue weighted by Crippen LogP contribution is -2.54. The third-order valence-corrected chi connectivity index (χ3v) is 6.34. The van der Waals surface area contributed by atoms with Gasteiger partial charge in [0, 0.05) is 42.5 Å². The fraction of sp³-hybridized carbons (Fsp3) is 0.600. The molecule has 1 amide bonds. The highest BCUT2D eigenvalue weighted by Crippen LogP contribution is 2.28. The lowest BCUT2D eigenvalue weighted by Gasteiger charge is -2.35. The number of rotatable bonds is 6. The molecule has 0 bridgehead atoms. The Hall–Kier alpha value is -2.54. The largest absolute Gasteiger partial charge is 0.445 e. The van der Waals surface area contributed by atoms with Crippen LogP contribution in [0.25, 0.3) is 11.5 Å². The van der Waals surface area contributed by atoms with Crippen LogP contribution in [0.5, 0.6) is 0 Å². The predicted molar refractivity (Wildman–Crippen MR) is 126 cm³/mol. The number of nitrogens with zero attached hydrogens (tertiary/aromatic N) is 2. The number of ether oxygens (including phenoxy) is 1. The first-order valence-corrected chi connectivity index (χ1v) is 11.9. The fourth-order valence-corrected chi connectivity index (χ4v) is 4.84. The van der Waals surface area contributed by atoms with Crippen LogP contribution >= 0.6 is 0 Å². The molecule has 4 rings (SSSR count). The van der Waals surface area contributed by atoms with Crippen LogP contribution < -0.4 is 15.5 Å². The molecule has 174 valence electrons. The second-order valence-electron chi connectivity index (χ2n) is 9.93. The van der Waals surface area contributed by atoms with Gasteiger partial charge >= 0.3 is 6.09 Å². The number of hydrogen-bond donors (Lipinski definition) is 2. The van der Waals surface area contributed by atoms with Crippen LogP contribution in [0.3, 0.4) is 0 Å². The van der Waals surface area contributed by atoms with Gasteiger partial charge in [-0.25, -0.2) is 9.78 Å². The van der Waals surface area contributed by atoms with Crippen molar-refractivity contribution in [3.63, 3.8) is 0 Å². The van der Waals surface area contributed by atoms with Gasteiger partial charge in [-0.15, -0.1) is 0 Å². The lowest BCUT2D eigenvalue weighted by molar-refractivity contribution is 0.0479. The van der Waals surface area contributed by atoms with Gasteiger partial charge in [0.2, 0.25) is 5.89 Å². The molecule has 1 aliphatic carbocycles. The van der Waals surface area contributed by atoms with Crippen molar-refractivity contribution in [2.45, 2.75) is 83.0 Å². The maximum atomic E-state index is 12.3. The minimum atomic E-state index is -0.478. The van der Waals surface area contributed by atoms with Crippen molar-refractivity contribution in [2.75, 3.05) is 18.0 Å². The average molecular weight is 441 g/mol. The molecule has 32 heavy (non-hydrogen) atoms. The molecule has 2 N–H and O–H groups in total. The third kappa shape index (κ3) is 5.82. The van der Waals surface area contributed by atoms with Crippen LogP contribution in [0.15, 0.2) is 41.1 Å². The zero-order chi connectivity index (χ0) is 22.6. The summed E-state index contributed by atoms with van der Waals surface area (Å²) >= 11 is 0. The number of nitrogens with one attached hydrogen (secondary N) is 2. The molecule has 3 atom stereocenters. The molecular formula is C25H36N4O3. The van der Waals surface area contributed by atoms with E-state index in [9.17, 15) is 4.79 Å². The molecule has 2 aliphatic rings. The highest BCUT2D eigenvalue weighted by Gasteiger charge is 2.31. The molecule has 1 aromatic heterocycles. The van der Waals surface area contributed by atoms with Gasteiger partial charge in [-0.3, -0.25) is 0 Å². The van der Waals surface area contributed by atoms with Crippen molar-refractivity contribution in [3.8, 4) is 11.5 Å². The predicted octanol–water partition coefficient (Wildman–Crippen LogP) is 4.74. The Kier molecular flexibility index (Phi) is 7.04. The van der Waals surface area contributed by atoms with Crippen LogP contribution in [-0.4, -0.2) is 47.9 Å². The number of carbonyl (C=O) groups is 1. The summed E-state index contributed by atoms with van der Waals surface area (Å²) < 4.78 is 10.9. The molecule has 7 nitrogen and oxygen atoms in total. The maximum Gasteiger partial charge on any atom is 0.407 e. The number of aromatic nitrogens is 1. The van der Waals surface area contributed by atoms with Gasteiger partial charge in [0.25, 0.3) is 0 Å². The zero-order valence-corrected chi connectivity index (χ0v) is 19.5. The number of alkyl carbamates (subject to hydrolysis) is 1. The number of oxazole rings is 1. The number of benzene rings is 1. The monoisotopic (exact) mass is 440 g/mol. The van der Waals surface area contributed by atoms with Crippen molar-refractivity contribution < 1.29 is 13.9 Å². The van der Waals surface area contributed by atoms with E-state index in [4.69, 9.17) is 9.15 Å². The van der Waals surface area contributed by atoms with Gasteiger partial charge in [0.1, 0.15) is 11.9 Å². The molecule has 2 heterocycles. The highest BCUT2D eigenvalue weighted by molar-refractivity contribution is 5.68. The van der Waals surface area contributed by atoms with Crippen LogP contribution in [-0.2, 0) is 4.74 Å². The van der Waals surface area contributed by atoms with Crippen LogP contribution in [0.1, 0.15) is 59.3 Å². The van der Waals surface area contributed by atoms with Crippen molar-refractivity contribution in [3.05, 3.63) is 36.7 Å². The van der Waals surface area contributed by atoms with Gasteiger partial charge in [0.15, 0.2) is 0 Å². The van der Waals surface area contributed by atoms with Crippen LogP contribution in [0.2, 0.25) is 0 Å². The minimum absolute atomic E-state index is 0.119. The number of carbonyl (C=O) groups excluding carboxylic acids is 1. The second kappa shape index (κ2) is 9.94. The Bertz CT molecular complexity index is 860. The Morgan fingerprint density at radius 2 is 1.88 bits per heavy atom. The van der Waals surface area contributed by atoms with E-state index in [1.165, 1.54) is 24.9 Å². The number of hydrogen-bond acceptors (Lipinski definition) is 6. The third-order valence-electron chi connectivity index (χ3n) is 6.34. The summed E-state index contributed by atoms with van der Waals surface area (Å²) in [5.41, 5.74) is 1.75. The van der Waals surface area contributed by atoms with Crippen LogP contribution in [0, 0.1) is 0 Å². The topological polar surface area (TPSA) is 79.6 Å². The van der Waals surface area contributed by atoms with E-state index in [0.29, 0.717) is 11.9 Å². The van der Waals surface area contributed by atoms with Gasteiger partial charge in [-0.2, -0.15) is 0 Å². The molecule has 1 unspecified atom stereocenters. The average Bonchev–Trinajstić information content (AvgIpc) is 3.44. The zero-order valence-electron chi connectivity index (χ0n) is 19.5. The summed E-state index contributed by atoms with van der Waals surface area (Å²) in [6, 6.07) is 9.32. The minimum Gasteiger partial charge on any atom is -0.445 e. The first-order valence-electron chi connectivity index (χ1n) is 11.9. The molecule has 1 aromatic carbocycles. The van der Waals surface area contributed by atoms with Gasteiger partial charge < -0.3 is 24.7 Å². The molecular weight excluding hydrogens is 404 g/mol. The Labute approximate surface area is 190 Å². The quantitative estimate of drug-likeness (QED) is 0.676. The standard InChI is InChI=1S/C25H36N4O3/c1-25(2,3)32-24(30)28-22-9-5-4-8-21(22)27-17-20-7-6-15-29(20)19-12-10-18(11-13-19)23-26-14-16-31-23/h10-14,16,20-22,27H,4-9,15,17H2,1-3H3,(H,28,30)/t20?,21-,22-/m1/s1. The Morgan fingerprint density at radius 1 is 1.12 bits per heavy atom. The molecule has 1 saturated carbocycles. The van der Waals surface area contributed by atoms with Crippen molar-refractivity contribution >= 4 is 11.8 Å². The summed E-state index contributed by atoms with van der Waals surface area (Å²) in [7, 11) is 0.